The molecule has 0 saturated heterocycles. The predicted molar refractivity (Wildman–Crippen MR) is 68.2 cm³/mol. The lowest BCUT2D eigenvalue weighted by Gasteiger charge is -2.16. The van der Waals surface area contributed by atoms with Gasteiger partial charge in [-0.25, -0.2) is 9.98 Å². The highest BCUT2D eigenvalue weighted by Gasteiger charge is 2.02. The van der Waals surface area contributed by atoms with E-state index in [1.165, 1.54) is 0 Å². The smallest absolute Gasteiger partial charge is 0.163 e. The third-order valence-corrected chi connectivity index (χ3v) is 2.91. The largest absolute Gasteiger partial charge is 0.355 e. The molecule has 0 aromatic carbocycles. The van der Waals surface area contributed by atoms with Gasteiger partial charge in [-0.15, -0.1) is 0 Å². The zero-order chi connectivity index (χ0) is 11.3. The fourth-order valence-corrected chi connectivity index (χ4v) is 1.72. The molecule has 0 aliphatic rings. The third kappa shape index (κ3) is 3.72. The van der Waals surface area contributed by atoms with Gasteiger partial charge in [0, 0.05) is 13.6 Å². The normalized spacial score (nSPS) is 11.6. The highest BCUT2D eigenvalue weighted by atomic mass is 35.5. The summed E-state index contributed by atoms with van der Waals surface area (Å²) in [5, 5.41) is 1.46. The number of rotatable bonds is 2. The van der Waals surface area contributed by atoms with Gasteiger partial charge in [0.05, 0.1) is 11.9 Å². The van der Waals surface area contributed by atoms with Crippen molar-refractivity contribution in [2.75, 3.05) is 19.8 Å². The van der Waals surface area contributed by atoms with Crippen LogP contribution in [0.5, 0.6) is 0 Å². The Hall–Kier alpha value is -0.740. The Balaban J connectivity index is 2.88. The molecule has 15 heavy (non-hydrogen) atoms. The SMILES string of the molecule is CCN(C)C(=Nc1ccc(Cl)nc1)SC. The molecule has 0 bridgehead atoms. The Morgan fingerprint density at radius 1 is 1.60 bits per heavy atom. The van der Waals surface area contributed by atoms with E-state index in [4.69, 9.17) is 11.6 Å². The maximum absolute atomic E-state index is 5.70. The van der Waals surface area contributed by atoms with Gasteiger partial charge in [0.1, 0.15) is 5.15 Å². The number of aliphatic imine (C=N–C) groups is 1. The molecule has 1 rings (SSSR count). The Morgan fingerprint density at radius 3 is 2.80 bits per heavy atom. The summed E-state index contributed by atoms with van der Waals surface area (Å²) in [6.45, 7) is 3.02. The van der Waals surface area contributed by atoms with Crippen LogP contribution >= 0.6 is 23.4 Å². The van der Waals surface area contributed by atoms with Crippen LogP contribution in [0.4, 0.5) is 5.69 Å². The fourth-order valence-electron chi connectivity index (χ4n) is 0.967. The molecule has 1 aromatic rings. The van der Waals surface area contributed by atoms with Crippen LogP contribution in [0.2, 0.25) is 5.15 Å². The van der Waals surface area contributed by atoms with Crippen LogP contribution < -0.4 is 0 Å². The molecule has 82 valence electrons. The number of hydrogen-bond acceptors (Lipinski definition) is 3. The highest BCUT2D eigenvalue weighted by molar-refractivity contribution is 8.13. The second-order valence-electron chi connectivity index (χ2n) is 2.95. The lowest BCUT2D eigenvalue weighted by Crippen LogP contribution is -2.23. The second kappa shape index (κ2) is 5.98. The summed E-state index contributed by atoms with van der Waals surface area (Å²) >= 11 is 7.31. The minimum absolute atomic E-state index is 0.489. The molecular formula is C10H14ClN3S. The van der Waals surface area contributed by atoms with Crippen molar-refractivity contribution in [3.63, 3.8) is 0 Å². The number of aromatic nitrogens is 1. The van der Waals surface area contributed by atoms with Crippen LogP contribution in [-0.2, 0) is 0 Å². The monoisotopic (exact) mass is 243 g/mol. The Bertz CT molecular complexity index is 337. The van der Waals surface area contributed by atoms with Crippen molar-refractivity contribution in [3.05, 3.63) is 23.5 Å². The summed E-state index contributed by atoms with van der Waals surface area (Å²) in [6, 6.07) is 3.60. The number of hydrogen-bond donors (Lipinski definition) is 0. The van der Waals surface area contributed by atoms with E-state index in [2.05, 4.69) is 21.8 Å². The number of pyridine rings is 1. The van der Waals surface area contributed by atoms with Gasteiger partial charge in [-0.3, -0.25) is 0 Å². The Morgan fingerprint density at radius 2 is 2.33 bits per heavy atom. The maximum atomic E-state index is 5.70. The fraction of sp³-hybridized carbons (Fsp3) is 0.400. The van der Waals surface area contributed by atoms with Crippen LogP contribution in [0, 0.1) is 0 Å². The first-order valence-electron chi connectivity index (χ1n) is 4.62. The van der Waals surface area contributed by atoms with Gasteiger partial charge in [-0.05, 0) is 25.3 Å². The molecule has 0 saturated carbocycles. The average molecular weight is 244 g/mol. The van der Waals surface area contributed by atoms with Crippen LogP contribution in [0.15, 0.2) is 23.3 Å². The minimum atomic E-state index is 0.489. The lowest BCUT2D eigenvalue weighted by molar-refractivity contribution is 0.546. The quantitative estimate of drug-likeness (QED) is 0.454. The lowest BCUT2D eigenvalue weighted by atomic mass is 10.4. The van der Waals surface area contributed by atoms with Gasteiger partial charge < -0.3 is 4.90 Å². The van der Waals surface area contributed by atoms with Crippen LogP contribution in [0.1, 0.15) is 6.92 Å². The first kappa shape index (κ1) is 12.3. The molecule has 1 heterocycles. The van der Waals surface area contributed by atoms with Gasteiger partial charge in [0.15, 0.2) is 5.17 Å². The van der Waals surface area contributed by atoms with E-state index in [9.17, 15) is 0 Å². The summed E-state index contributed by atoms with van der Waals surface area (Å²) in [5.74, 6) is 0. The first-order chi connectivity index (χ1) is 7.17. The van der Waals surface area contributed by atoms with Crippen LogP contribution in [0.3, 0.4) is 0 Å². The molecule has 0 amide bonds. The van der Waals surface area contributed by atoms with E-state index in [0.29, 0.717) is 5.15 Å². The molecule has 0 N–H and O–H groups in total. The molecule has 0 fully saturated rings. The van der Waals surface area contributed by atoms with Crippen molar-refractivity contribution < 1.29 is 0 Å². The van der Waals surface area contributed by atoms with Crippen molar-refractivity contribution in [2.45, 2.75) is 6.92 Å². The summed E-state index contributed by atoms with van der Waals surface area (Å²) in [6.07, 6.45) is 3.68. The Kier molecular flexibility index (Phi) is 4.91. The van der Waals surface area contributed by atoms with Gasteiger partial charge in [0.2, 0.25) is 0 Å². The van der Waals surface area contributed by atoms with E-state index < -0.39 is 0 Å². The number of amidine groups is 1. The molecule has 0 radical (unpaired) electrons. The molecule has 0 spiro atoms. The number of thioether (sulfide) groups is 1. The van der Waals surface area contributed by atoms with Gasteiger partial charge in [-0.1, -0.05) is 23.4 Å². The second-order valence-corrected chi connectivity index (χ2v) is 4.11. The van der Waals surface area contributed by atoms with Gasteiger partial charge in [0.25, 0.3) is 0 Å². The molecule has 0 unspecified atom stereocenters. The Labute approximate surface area is 99.6 Å². The van der Waals surface area contributed by atoms with E-state index in [1.54, 1.807) is 24.0 Å². The standard InChI is InChI=1S/C10H14ClN3S/c1-4-14(2)10(15-3)13-8-5-6-9(11)12-7-8/h5-7H,4H2,1-3H3. The molecule has 1 aromatic heterocycles. The summed E-state index contributed by atoms with van der Waals surface area (Å²) < 4.78 is 0. The topological polar surface area (TPSA) is 28.5 Å². The van der Waals surface area contributed by atoms with Crippen molar-refractivity contribution in [1.29, 1.82) is 0 Å². The molecule has 0 aliphatic heterocycles. The van der Waals surface area contributed by atoms with Crippen molar-refractivity contribution in [2.24, 2.45) is 4.99 Å². The third-order valence-electron chi connectivity index (χ3n) is 1.92. The highest BCUT2D eigenvalue weighted by Crippen LogP contribution is 2.16. The summed E-state index contributed by atoms with van der Waals surface area (Å²) in [5.41, 5.74) is 0.823. The van der Waals surface area contributed by atoms with E-state index >= 15 is 0 Å². The zero-order valence-corrected chi connectivity index (χ0v) is 10.6. The number of nitrogens with zero attached hydrogens (tertiary/aromatic N) is 3. The van der Waals surface area contributed by atoms with Crippen molar-refractivity contribution >= 4 is 34.2 Å². The molecule has 0 atom stereocenters. The minimum Gasteiger partial charge on any atom is -0.355 e. The number of halogens is 1. The van der Waals surface area contributed by atoms with Crippen molar-refractivity contribution in [3.8, 4) is 0 Å². The molecule has 3 nitrogen and oxygen atoms in total. The predicted octanol–water partition coefficient (Wildman–Crippen LogP) is 3.04. The first-order valence-corrected chi connectivity index (χ1v) is 6.23. The summed E-state index contributed by atoms with van der Waals surface area (Å²) in [7, 11) is 2.01. The van der Waals surface area contributed by atoms with E-state index in [1.807, 2.05) is 19.4 Å². The van der Waals surface area contributed by atoms with Gasteiger partial charge >= 0.3 is 0 Å². The van der Waals surface area contributed by atoms with Gasteiger partial charge in [-0.2, -0.15) is 0 Å². The van der Waals surface area contributed by atoms with E-state index in [-0.39, 0.29) is 0 Å². The summed E-state index contributed by atoms with van der Waals surface area (Å²) in [4.78, 5) is 10.5. The van der Waals surface area contributed by atoms with Crippen molar-refractivity contribution in [1.82, 2.24) is 9.88 Å². The van der Waals surface area contributed by atoms with E-state index in [0.717, 1.165) is 17.4 Å². The van der Waals surface area contributed by atoms with Crippen LogP contribution in [0.25, 0.3) is 0 Å². The average Bonchev–Trinajstić information content (AvgIpc) is 2.27. The molecule has 5 heteroatoms. The molecular weight excluding hydrogens is 230 g/mol. The maximum Gasteiger partial charge on any atom is 0.163 e. The zero-order valence-electron chi connectivity index (χ0n) is 9.07. The van der Waals surface area contributed by atoms with Crippen LogP contribution in [-0.4, -0.2) is 34.9 Å². The molecule has 0 aliphatic carbocycles.